The van der Waals surface area contributed by atoms with Gasteiger partial charge in [0.2, 0.25) is 5.91 Å². The van der Waals surface area contributed by atoms with Crippen molar-refractivity contribution >= 4 is 28.9 Å². The summed E-state index contributed by atoms with van der Waals surface area (Å²) in [5, 5.41) is 7.22. The Morgan fingerprint density at radius 1 is 0.846 bits per heavy atom. The molecule has 1 aromatic heterocycles. The third-order valence-electron chi connectivity index (χ3n) is 8.05. The SMILES string of the molecule is CN1C(=O)N(C)C2(c3ccccc3)N(CC(=O)NCCc3c[nH]c4ccccc34)C(=O)NC12c1ccccc1. The molecule has 2 unspecified atom stereocenters. The molecule has 39 heavy (non-hydrogen) atoms. The monoisotopic (exact) mass is 522 g/mol. The Kier molecular flexibility index (Phi) is 5.79. The quantitative estimate of drug-likeness (QED) is 0.346. The summed E-state index contributed by atoms with van der Waals surface area (Å²) in [7, 11) is 3.36. The highest BCUT2D eigenvalue weighted by Crippen LogP contribution is 2.56. The van der Waals surface area contributed by atoms with Gasteiger partial charge in [0.05, 0.1) is 0 Å². The molecule has 3 aromatic carbocycles. The van der Waals surface area contributed by atoms with Gasteiger partial charge < -0.3 is 15.6 Å². The van der Waals surface area contributed by atoms with Crippen LogP contribution in [0.3, 0.4) is 0 Å². The topological polar surface area (TPSA) is 101 Å². The highest BCUT2D eigenvalue weighted by atomic mass is 16.2. The number of amides is 5. The molecule has 4 aromatic rings. The number of nitrogens with one attached hydrogen (secondary N) is 3. The molecule has 198 valence electrons. The smallest absolute Gasteiger partial charge is 0.324 e. The van der Waals surface area contributed by atoms with Gasteiger partial charge in [-0.3, -0.25) is 19.5 Å². The van der Waals surface area contributed by atoms with Gasteiger partial charge in [0.1, 0.15) is 6.54 Å². The number of nitrogens with zero attached hydrogens (tertiary/aromatic N) is 3. The van der Waals surface area contributed by atoms with Crippen LogP contribution in [0.5, 0.6) is 0 Å². The van der Waals surface area contributed by atoms with Crippen molar-refractivity contribution in [2.45, 2.75) is 17.7 Å². The summed E-state index contributed by atoms with van der Waals surface area (Å²) in [6.45, 7) is 0.182. The Bertz CT molecular complexity index is 1550. The molecule has 6 rings (SSSR count). The Morgan fingerprint density at radius 3 is 2.21 bits per heavy atom. The number of fused-ring (bicyclic) bond motifs is 2. The van der Waals surface area contributed by atoms with Crippen molar-refractivity contribution in [2.75, 3.05) is 27.2 Å². The number of H-pyrrole nitrogens is 1. The molecule has 0 aliphatic carbocycles. The molecule has 2 saturated heterocycles. The zero-order valence-corrected chi connectivity index (χ0v) is 21.8. The predicted octanol–water partition coefficient (Wildman–Crippen LogP) is 3.56. The molecule has 3 N–H and O–H groups in total. The number of urea groups is 2. The maximum absolute atomic E-state index is 13.8. The predicted molar refractivity (Wildman–Crippen MR) is 147 cm³/mol. The van der Waals surface area contributed by atoms with Gasteiger partial charge in [-0.25, -0.2) is 9.59 Å². The maximum Gasteiger partial charge on any atom is 0.324 e. The van der Waals surface area contributed by atoms with E-state index in [1.807, 2.05) is 91.1 Å². The van der Waals surface area contributed by atoms with Crippen LogP contribution in [0.25, 0.3) is 10.9 Å². The van der Waals surface area contributed by atoms with Crippen molar-refractivity contribution in [1.29, 1.82) is 0 Å². The Labute approximate surface area is 226 Å². The van der Waals surface area contributed by atoms with Gasteiger partial charge in [0, 0.05) is 48.9 Å². The van der Waals surface area contributed by atoms with E-state index in [-0.39, 0.29) is 18.5 Å². The molecule has 2 aliphatic rings. The van der Waals surface area contributed by atoms with Crippen molar-refractivity contribution in [1.82, 2.24) is 30.3 Å². The zero-order chi connectivity index (χ0) is 27.2. The number of aromatic amines is 1. The number of para-hydroxylation sites is 1. The first-order valence-corrected chi connectivity index (χ1v) is 13.0. The second-order valence-corrected chi connectivity index (χ2v) is 9.99. The summed E-state index contributed by atoms with van der Waals surface area (Å²) in [5.74, 6) is -0.306. The number of rotatable bonds is 7. The Balaban J connectivity index is 1.34. The molecule has 0 bridgehead atoms. The number of carbonyl (C=O) groups is 3. The fraction of sp³-hybridized carbons (Fsp3) is 0.233. The van der Waals surface area contributed by atoms with Gasteiger partial charge >= 0.3 is 12.1 Å². The lowest BCUT2D eigenvalue weighted by Gasteiger charge is -2.46. The van der Waals surface area contributed by atoms with E-state index in [4.69, 9.17) is 0 Å². The molecule has 9 heteroatoms. The minimum atomic E-state index is -1.31. The van der Waals surface area contributed by atoms with Crippen LogP contribution < -0.4 is 10.6 Å². The molecule has 5 amide bonds. The van der Waals surface area contributed by atoms with E-state index in [2.05, 4.69) is 15.6 Å². The summed E-state index contributed by atoms with van der Waals surface area (Å²) in [6.07, 6.45) is 2.60. The van der Waals surface area contributed by atoms with E-state index in [1.165, 1.54) is 4.90 Å². The average molecular weight is 523 g/mol. The normalized spacial score (nSPS) is 22.4. The van der Waals surface area contributed by atoms with Crippen LogP contribution in [0.2, 0.25) is 0 Å². The lowest BCUT2D eigenvalue weighted by atomic mass is 9.80. The summed E-state index contributed by atoms with van der Waals surface area (Å²) in [6, 6.07) is 26.2. The summed E-state index contributed by atoms with van der Waals surface area (Å²) < 4.78 is 0. The third kappa shape index (κ3) is 3.42. The van der Waals surface area contributed by atoms with Gasteiger partial charge in [0.15, 0.2) is 11.3 Å². The van der Waals surface area contributed by atoms with Crippen molar-refractivity contribution in [3.05, 3.63) is 108 Å². The minimum Gasteiger partial charge on any atom is -0.361 e. The highest BCUT2D eigenvalue weighted by Gasteiger charge is 2.75. The molecule has 2 aliphatic heterocycles. The van der Waals surface area contributed by atoms with E-state index in [0.717, 1.165) is 27.6 Å². The molecule has 9 nitrogen and oxygen atoms in total. The van der Waals surface area contributed by atoms with Crippen LogP contribution in [0, 0.1) is 0 Å². The van der Waals surface area contributed by atoms with Gasteiger partial charge in [0.25, 0.3) is 0 Å². The fourth-order valence-electron chi connectivity index (χ4n) is 6.34. The van der Waals surface area contributed by atoms with E-state index in [0.29, 0.717) is 13.0 Å². The number of hydrogen-bond donors (Lipinski definition) is 3. The first kappa shape index (κ1) is 24.5. The first-order valence-electron chi connectivity index (χ1n) is 13.0. The molecule has 2 fully saturated rings. The number of aromatic nitrogens is 1. The van der Waals surface area contributed by atoms with Gasteiger partial charge in [-0.1, -0.05) is 78.9 Å². The molecule has 3 heterocycles. The second kappa shape index (κ2) is 9.20. The summed E-state index contributed by atoms with van der Waals surface area (Å²) in [5.41, 5.74) is 1.04. The van der Waals surface area contributed by atoms with Crippen LogP contribution in [0.4, 0.5) is 9.59 Å². The van der Waals surface area contributed by atoms with Crippen LogP contribution in [0.15, 0.2) is 91.1 Å². The van der Waals surface area contributed by atoms with Crippen molar-refractivity contribution in [3.8, 4) is 0 Å². The lowest BCUT2D eigenvalue weighted by Crippen LogP contribution is -2.63. The lowest BCUT2D eigenvalue weighted by molar-refractivity contribution is -0.124. The minimum absolute atomic E-state index is 0.228. The zero-order valence-electron chi connectivity index (χ0n) is 21.8. The molecule has 0 spiro atoms. The maximum atomic E-state index is 13.8. The molecule has 0 radical (unpaired) electrons. The Morgan fingerprint density at radius 2 is 1.49 bits per heavy atom. The molecule has 2 atom stereocenters. The Hall–Kier alpha value is -4.79. The molecular weight excluding hydrogens is 492 g/mol. The number of carbonyl (C=O) groups excluding carboxylic acids is 3. The van der Waals surface area contributed by atoms with Crippen LogP contribution >= 0.6 is 0 Å². The second-order valence-electron chi connectivity index (χ2n) is 9.99. The number of likely N-dealkylation sites (N-methyl/N-ethyl adjacent to an activating group) is 2. The van der Waals surface area contributed by atoms with E-state index in [1.54, 1.807) is 23.9 Å². The third-order valence-corrected chi connectivity index (χ3v) is 8.05. The largest absolute Gasteiger partial charge is 0.361 e. The van der Waals surface area contributed by atoms with Gasteiger partial charge in [-0.15, -0.1) is 0 Å². The number of hydrogen-bond acceptors (Lipinski definition) is 3. The molecule has 0 saturated carbocycles. The average Bonchev–Trinajstić information content (AvgIpc) is 3.55. The van der Waals surface area contributed by atoms with Crippen LogP contribution in [-0.4, -0.2) is 64.8 Å². The van der Waals surface area contributed by atoms with Crippen molar-refractivity contribution in [3.63, 3.8) is 0 Å². The number of benzene rings is 3. The first-order chi connectivity index (χ1) is 18.9. The summed E-state index contributed by atoms with van der Waals surface area (Å²) in [4.78, 5) is 48.6. The standard InChI is InChI=1S/C30H30N6O3/c1-34-28(39)35(2)30(23-13-7-4-8-14-23)29(34,22-11-5-3-6-12-22)33-27(38)36(30)20-26(37)31-18-17-21-19-32-25-16-10-9-15-24(21)25/h3-16,19,32H,17-18,20H2,1-2H3,(H,31,37)(H,33,38). The van der Waals surface area contributed by atoms with Crippen molar-refractivity contribution < 1.29 is 14.4 Å². The van der Waals surface area contributed by atoms with Gasteiger partial charge in [-0.05, 0) is 18.1 Å². The van der Waals surface area contributed by atoms with E-state index >= 15 is 0 Å². The van der Waals surface area contributed by atoms with Gasteiger partial charge in [-0.2, -0.15) is 0 Å². The van der Waals surface area contributed by atoms with Crippen LogP contribution in [0.1, 0.15) is 16.7 Å². The molecular formula is C30H30N6O3. The highest BCUT2D eigenvalue weighted by molar-refractivity contribution is 5.92. The van der Waals surface area contributed by atoms with Crippen molar-refractivity contribution in [2.24, 2.45) is 0 Å². The van der Waals surface area contributed by atoms with Crippen LogP contribution in [-0.2, 0) is 22.5 Å². The summed E-state index contributed by atoms with van der Waals surface area (Å²) >= 11 is 0. The fourth-order valence-corrected chi connectivity index (χ4v) is 6.34. The van der Waals surface area contributed by atoms with E-state index < -0.39 is 17.4 Å². The van der Waals surface area contributed by atoms with E-state index in [9.17, 15) is 14.4 Å².